The molecule has 0 N–H and O–H groups in total. The van der Waals surface area contributed by atoms with Gasteiger partial charge < -0.3 is 14.2 Å². The van der Waals surface area contributed by atoms with Gasteiger partial charge in [-0.1, -0.05) is 30.2 Å². The van der Waals surface area contributed by atoms with Crippen molar-refractivity contribution >= 4 is 23.6 Å². The lowest BCUT2D eigenvalue weighted by molar-refractivity contribution is -0.137. The van der Waals surface area contributed by atoms with Crippen LogP contribution in [0.1, 0.15) is 5.56 Å². The molecule has 0 saturated heterocycles. The molecule has 0 heterocycles. The molecule has 23 heavy (non-hydrogen) atoms. The topological polar surface area (TPSA) is 68.5 Å². The average molecular weight is 332 g/mol. The van der Waals surface area contributed by atoms with E-state index in [9.17, 15) is 4.79 Å². The summed E-state index contributed by atoms with van der Waals surface area (Å²) in [5.74, 6) is 2.19. The van der Waals surface area contributed by atoms with Gasteiger partial charge in [0.15, 0.2) is 11.5 Å². The summed E-state index contributed by atoms with van der Waals surface area (Å²) in [6.07, 6.45) is 7.89. The lowest BCUT2D eigenvalue weighted by Crippen LogP contribution is -2.06. The summed E-state index contributed by atoms with van der Waals surface area (Å²) in [6, 6.07) is 4.86. The van der Waals surface area contributed by atoms with E-state index in [1.807, 2.05) is 0 Å². The smallest absolute Gasteiger partial charge is 0.349 e. The minimum absolute atomic E-state index is 0.0147. The minimum atomic E-state index is -0.754. The van der Waals surface area contributed by atoms with Crippen molar-refractivity contribution in [1.29, 1.82) is 5.26 Å². The Morgan fingerprint density at radius 1 is 1.52 bits per heavy atom. The Labute approximate surface area is 139 Å². The maximum absolute atomic E-state index is 11.7. The highest BCUT2D eigenvalue weighted by molar-refractivity contribution is 6.32. The van der Waals surface area contributed by atoms with Crippen LogP contribution in [-0.4, -0.2) is 26.3 Å². The number of nitriles is 1. The molecule has 5 nitrogen and oxygen atoms in total. The van der Waals surface area contributed by atoms with Crippen LogP contribution in [0.25, 0.3) is 6.08 Å². The number of esters is 1. The van der Waals surface area contributed by atoms with Gasteiger partial charge in [0.1, 0.15) is 24.9 Å². The van der Waals surface area contributed by atoms with Crippen LogP contribution in [0, 0.1) is 23.7 Å². The molecule has 6 heteroatoms. The molecule has 118 valence electrons. The van der Waals surface area contributed by atoms with Crippen LogP contribution >= 0.6 is 11.6 Å². The van der Waals surface area contributed by atoms with Gasteiger partial charge in [-0.25, -0.2) is 4.79 Å². The molecule has 1 aromatic rings. The Hall–Kier alpha value is -2.89. The normalized spacial score (nSPS) is 10.2. The first kappa shape index (κ1) is 18.2. The molecule has 1 rings (SSSR count). The minimum Gasteiger partial charge on any atom is -0.493 e. The van der Waals surface area contributed by atoms with Crippen molar-refractivity contribution in [2.24, 2.45) is 0 Å². The summed E-state index contributed by atoms with van der Waals surface area (Å²) >= 11 is 6.12. The van der Waals surface area contributed by atoms with Gasteiger partial charge >= 0.3 is 5.97 Å². The summed E-state index contributed by atoms with van der Waals surface area (Å²) in [6.45, 7) is 3.47. The summed E-state index contributed by atoms with van der Waals surface area (Å²) < 4.78 is 15.3. The van der Waals surface area contributed by atoms with Gasteiger partial charge in [-0.05, 0) is 23.8 Å². The molecule has 0 aliphatic carbocycles. The third-order valence-electron chi connectivity index (χ3n) is 2.54. The SMILES string of the molecule is C#CCOc1c(Cl)cc(/C=C(\C#N)C(=O)OCC=C)cc1OC. The first-order chi connectivity index (χ1) is 11.1. The zero-order valence-corrected chi connectivity index (χ0v) is 13.2. The number of ether oxygens (including phenoxy) is 3. The Bertz CT molecular complexity index is 711. The van der Waals surface area contributed by atoms with E-state index in [1.54, 1.807) is 12.1 Å². The average Bonchev–Trinajstić information content (AvgIpc) is 2.55. The number of benzene rings is 1. The van der Waals surface area contributed by atoms with E-state index in [-0.39, 0.29) is 29.6 Å². The van der Waals surface area contributed by atoms with E-state index in [1.165, 1.54) is 25.3 Å². The van der Waals surface area contributed by atoms with Crippen LogP contribution in [0.5, 0.6) is 11.5 Å². The van der Waals surface area contributed by atoms with Crippen molar-refractivity contribution in [3.8, 4) is 29.9 Å². The summed E-state index contributed by atoms with van der Waals surface area (Å²) in [5, 5.41) is 9.31. The number of hydrogen-bond acceptors (Lipinski definition) is 5. The molecule has 0 amide bonds. The fourth-order valence-electron chi connectivity index (χ4n) is 1.59. The maximum atomic E-state index is 11.7. The third-order valence-corrected chi connectivity index (χ3v) is 2.82. The van der Waals surface area contributed by atoms with Gasteiger partial charge in [0.2, 0.25) is 0 Å². The van der Waals surface area contributed by atoms with Crippen LogP contribution in [0.4, 0.5) is 0 Å². The lowest BCUT2D eigenvalue weighted by Gasteiger charge is -2.11. The molecule has 0 aliphatic rings. The van der Waals surface area contributed by atoms with E-state index < -0.39 is 5.97 Å². The number of hydrogen-bond donors (Lipinski definition) is 0. The number of carbonyl (C=O) groups excluding carboxylic acids is 1. The van der Waals surface area contributed by atoms with Crippen molar-refractivity contribution in [2.45, 2.75) is 0 Å². The highest BCUT2D eigenvalue weighted by Crippen LogP contribution is 2.37. The van der Waals surface area contributed by atoms with Crippen molar-refractivity contribution in [3.63, 3.8) is 0 Å². The highest BCUT2D eigenvalue weighted by Gasteiger charge is 2.14. The van der Waals surface area contributed by atoms with E-state index in [0.29, 0.717) is 11.3 Å². The molecule has 0 radical (unpaired) electrons. The second kappa shape index (κ2) is 9.19. The highest BCUT2D eigenvalue weighted by atomic mass is 35.5. The van der Waals surface area contributed by atoms with E-state index in [0.717, 1.165) is 0 Å². The van der Waals surface area contributed by atoms with Gasteiger partial charge in [-0.2, -0.15) is 5.26 Å². The first-order valence-corrected chi connectivity index (χ1v) is 6.78. The van der Waals surface area contributed by atoms with Gasteiger partial charge in [-0.15, -0.1) is 6.42 Å². The maximum Gasteiger partial charge on any atom is 0.349 e. The molecule has 0 saturated carbocycles. The molecule has 0 unspecified atom stereocenters. The number of terminal acetylenes is 1. The molecule has 0 fully saturated rings. The van der Waals surface area contributed by atoms with Gasteiger partial charge in [0.25, 0.3) is 0 Å². The number of methoxy groups -OCH3 is 1. The monoisotopic (exact) mass is 331 g/mol. The van der Waals surface area contributed by atoms with Gasteiger partial charge in [0, 0.05) is 0 Å². The van der Waals surface area contributed by atoms with Crippen molar-refractivity contribution < 1.29 is 19.0 Å². The first-order valence-electron chi connectivity index (χ1n) is 6.41. The fraction of sp³-hybridized carbons (Fsp3) is 0.176. The number of nitrogens with zero attached hydrogens (tertiary/aromatic N) is 1. The van der Waals surface area contributed by atoms with E-state index in [2.05, 4.69) is 12.5 Å². The number of carbonyl (C=O) groups is 1. The number of rotatable bonds is 7. The van der Waals surface area contributed by atoms with Gasteiger partial charge in [0.05, 0.1) is 12.1 Å². The molecule has 1 aromatic carbocycles. The second-order valence-electron chi connectivity index (χ2n) is 4.08. The summed E-state index contributed by atoms with van der Waals surface area (Å²) in [5.41, 5.74) is 0.300. The van der Waals surface area contributed by atoms with E-state index >= 15 is 0 Å². The van der Waals surface area contributed by atoms with Crippen molar-refractivity contribution in [3.05, 3.63) is 40.9 Å². The second-order valence-corrected chi connectivity index (χ2v) is 4.49. The molecule has 0 aliphatic heterocycles. The molecule has 0 spiro atoms. The largest absolute Gasteiger partial charge is 0.493 e. The fourth-order valence-corrected chi connectivity index (χ4v) is 1.87. The van der Waals surface area contributed by atoms with Crippen LogP contribution in [0.2, 0.25) is 5.02 Å². The standard InChI is InChI=1S/C17H14ClNO4/c1-4-6-22-16-14(18)9-12(10-15(16)21-3)8-13(11-19)17(20)23-7-5-2/h1,5,8-10H,2,6-7H2,3H3/b13-8+. The lowest BCUT2D eigenvalue weighted by atomic mass is 10.1. The summed E-state index contributed by atoms with van der Waals surface area (Å²) in [7, 11) is 1.44. The zero-order valence-electron chi connectivity index (χ0n) is 12.5. The summed E-state index contributed by atoms with van der Waals surface area (Å²) in [4.78, 5) is 11.7. The molecule has 0 aromatic heterocycles. The van der Waals surface area contributed by atoms with Crippen LogP contribution < -0.4 is 9.47 Å². The van der Waals surface area contributed by atoms with Gasteiger partial charge in [-0.3, -0.25) is 0 Å². The quantitative estimate of drug-likeness (QED) is 0.252. The zero-order chi connectivity index (χ0) is 17.2. The molecule has 0 atom stereocenters. The Morgan fingerprint density at radius 3 is 2.83 bits per heavy atom. The Morgan fingerprint density at radius 2 is 2.26 bits per heavy atom. The number of halogens is 1. The van der Waals surface area contributed by atoms with Crippen LogP contribution in [0.3, 0.4) is 0 Å². The van der Waals surface area contributed by atoms with Crippen molar-refractivity contribution in [2.75, 3.05) is 20.3 Å². The predicted octanol–water partition coefficient (Wildman–Crippen LogP) is 3.00. The Balaban J connectivity index is 3.18. The van der Waals surface area contributed by atoms with Crippen molar-refractivity contribution in [1.82, 2.24) is 0 Å². The third kappa shape index (κ3) is 5.10. The van der Waals surface area contributed by atoms with Crippen LogP contribution in [0.15, 0.2) is 30.4 Å². The van der Waals surface area contributed by atoms with E-state index in [4.69, 9.17) is 37.5 Å². The molecular weight excluding hydrogens is 318 g/mol. The van der Waals surface area contributed by atoms with Crippen LogP contribution in [-0.2, 0) is 9.53 Å². The molecule has 0 bridgehead atoms. The Kier molecular flexibility index (Phi) is 7.26. The predicted molar refractivity (Wildman–Crippen MR) is 87.1 cm³/mol. The molecular formula is C17H14ClNO4.